The average Bonchev–Trinajstić information content (AvgIpc) is 2.99. The highest BCUT2D eigenvalue weighted by molar-refractivity contribution is 6.74. The molecule has 1 saturated heterocycles. The molecule has 276 valence electrons. The molecule has 0 aromatic heterocycles. The molecule has 1 aromatic rings. The number of hydrogen-bond acceptors (Lipinski definition) is 6. The van der Waals surface area contributed by atoms with Gasteiger partial charge in [-0.15, -0.1) is 0 Å². The minimum Gasteiger partial charge on any atom is -0.479 e. The molecule has 0 radical (unpaired) electrons. The largest absolute Gasteiger partial charge is 0.479 e. The van der Waals surface area contributed by atoms with Crippen molar-refractivity contribution in [3.63, 3.8) is 0 Å². The van der Waals surface area contributed by atoms with Crippen LogP contribution in [0.2, 0.25) is 36.3 Å². The van der Waals surface area contributed by atoms with Gasteiger partial charge in [0.1, 0.15) is 11.9 Å². The zero-order chi connectivity index (χ0) is 36.4. The van der Waals surface area contributed by atoms with Gasteiger partial charge < -0.3 is 23.1 Å². The molecule has 1 heterocycles. The maximum atomic E-state index is 13.9. The first kappa shape index (κ1) is 40.1. The molecule has 8 heteroatoms. The first-order valence-electron chi connectivity index (χ1n) is 19.0. The van der Waals surface area contributed by atoms with Gasteiger partial charge in [0.2, 0.25) is 0 Å². The van der Waals surface area contributed by atoms with Crippen molar-refractivity contribution in [2.24, 2.45) is 17.8 Å². The summed E-state index contributed by atoms with van der Waals surface area (Å²) in [5, 5.41) is 0.268. The van der Waals surface area contributed by atoms with E-state index in [1.807, 2.05) is 38.1 Å². The van der Waals surface area contributed by atoms with Crippen molar-refractivity contribution < 1.29 is 27.9 Å². The molecule has 2 aliphatic carbocycles. The molecule has 1 aromatic carbocycles. The summed E-state index contributed by atoms with van der Waals surface area (Å²) in [6, 6.07) is 7.86. The number of allylic oxidation sites excluding steroid dienone is 2. The molecule has 1 unspecified atom stereocenters. The summed E-state index contributed by atoms with van der Waals surface area (Å²) in [5.41, 5.74) is 2.40. The summed E-state index contributed by atoms with van der Waals surface area (Å²) in [4.78, 5) is 13.9. The van der Waals surface area contributed by atoms with Crippen LogP contribution in [-0.4, -0.2) is 59.7 Å². The van der Waals surface area contributed by atoms with Crippen LogP contribution in [-0.2, 0) is 23.1 Å². The molecule has 1 aliphatic heterocycles. The second-order valence-corrected chi connectivity index (χ2v) is 27.6. The van der Waals surface area contributed by atoms with Crippen LogP contribution in [0.15, 0.2) is 48.1 Å². The van der Waals surface area contributed by atoms with Gasteiger partial charge in [0.25, 0.3) is 0 Å². The Morgan fingerprint density at radius 1 is 0.939 bits per heavy atom. The molecule has 0 saturated carbocycles. The van der Waals surface area contributed by atoms with E-state index in [1.165, 1.54) is 5.57 Å². The van der Waals surface area contributed by atoms with Crippen LogP contribution in [0, 0.1) is 24.7 Å². The lowest BCUT2D eigenvalue weighted by atomic mass is 9.66. The van der Waals surface area contributed by atoms with E-state index in [0.717, 1.165) is 37.9 Å². The predicted octanol–water partition coefficient (Wildman–Crippen LogP) is 10.6. The number of carbonyl (C=O) groups is 1. The Kier molecular flexibility index (Phi) is 13.0. The molecule has 8 atom stereocenters. The number of benzene rings is 1. The third kappa shape index (κ3) is 10.2. The molecule has 1 fully saturated rings. The number of esters is 1. The Hall–Kier alpha value is -1.72. The fraction of sp³-hybridized carbons (Fsp3) is 0.732. The molecular weight excluding hydrogens is 645 g/mol. The van der Waals surface area contributed by atoms with Crippen molar-refractivity contribution in [2.45, 2.75) is 168 Å². The third-order valence-electron chi connectivity index (χ3n) is 12.2. The van der Waals surface area contributed by atoms with Gasteiger partial charge >= 0.3 is 5.97 Å². The monoisotopic (exact) mass is 712 g/mol. The van der Waals surface area contributed by atoms with E-state index >= 15 is 0 Å². The van der Waals surface area contributed by atoms with Crippen LogP contribution >= 0.6 is 0 Å². The van der Waals surface area contributed by atoms with Crippen molar-refractivity contribution in [1.29, 1.82) is 0 Å². The van der Waals surface area contributed by atoms with Gasteiger partial charge in [0, 0.05) is 25.0 Å². The Morgan fingerprint density at radius 2 is 1.57 bits per heavy atom. The zero-order valence-electron chi connectivity index (χ0n) is 33.1. The van der Waals surface area contributed by atoms with E-state index in [2.05, 4.69) is 92.9 Å². The van der Waals surface area contributed by atoms with Crippen LogP contribution in [0.1, 0.15) is 99.5 Å². The normalized spacial score (nSPS) is 28.8. The van der Waals surface area contributed by atoms with E-state index in [1.54, 1.807) is 0 Å². The first-order valence-corrected chi connectivity index (χ1v) is 24.8. The van der Waals surface area contributed by atoms with Gasteiger partial charge in [0.05, 0.1) is 12.2 Å². The van der Waals surface area contributed by atoms with Crippen LogP contribution in [0.25, 0.3) is 0 Å². The number of rotatable bonds is 12. The lowest BCUT2D eigenvalue weighted by Crippen LogP contribution is -2.49. The van der Waals surface area contributed by atoms with E-state index in [4.69, 9.17) is 23.1 Å². The predicted molar refractivity (Wildman–Crippen MR) is 206 cm³/mol. The topological polar surface area (TPSA) is 63.2 Å². The van der Waals surface area contributed by atoms with Crippen molar-refractivity contribution >= 4 is 22.6 Å². The van der Waals surface area contributed by atoms with Crippen molar-refractivity contribution in [2.75, 3.05) is 6.61 Å². The molecule has 0 N–H and O–H groups in total. The fourth-order valence-electron chi connectivity index (χ4n) is 7.04. The van der Waals surface area contributed by atoms with Crippen molar-refractivity contribution in [3.05, 3.63) is 53.6 Å². The van der Waals surface area contributed by atoms with E-state index in [0.29, 0.717) is 30.4 Å². The maximum Gasteiger partial charge on any atom is 0.347 e. The second-order valence-electron chi connectivity index (χ2n) is 18.1. The number of fused-ring (bicyclic) bond motifs is 1. The summed E-state index contributed by atoms with van der Waals surface area (Å²) in [6.07, 6.45) is 11.4. The Balaban J connectivity index is 1.54. The van der Waals surface area contributed by atoms with Crippen molar-refractivity contribution in [3.8, 4) is 5.75 Å². The van der Waals surface area contributed by atoms with E-state index < -0.39 is 22.7 Å². The molecule has 0 amide bonds. The summed E-state index contributed by atoms with van der Waals surface area (Å²) >= 11 is 0. The molecule has 0 bridgehead atoms. The van der Waals surface area contributed by atoms with Gasteiger partial charge in [-0.1, -0.05) is 91.3 Å². The highest BCUT2D eigenvalue weighted by atomic mass is 28.4. The molecule has 3 aliphatic rings. The number of carbonyl (C=O) groups excluding carboxylic acids is 1. The zero-order valence-corrected chi connectivity index (χ0v) is 35.1. The lowest BCUT2D eigenvalue weighted by Gasteiger charge is -2.46. The smallest absolute Gasteiger partial charge is 0.347 e. The summed E-state index contributed by atoms with van der Waals surface area (Å²) < 4.78 is 32.9. The molecular formula is C41H68O6Si2. The molecule has 6 nitrogen and oxygen atoms in total. The highest BCUT2D eigenvalue weighted by Gasteiger charge is 2.46. The second kappa shape index (κ2) is 15.9. The summed E-state index contributed by atoms with van der Waals surface area (Å²) in [5.74, 6) is 1.18. The number of aryl methyl sites for hydroxylation is 1. The minimum atomic E-state index is -2.07. The SMILES string of the molecule is CCC(Oc1ccc(C)cc1)C(=O)O[C@H]1C[C@H](O[Si](C)(C)C(C)(C)C)C=C2C=C[C@H](C)[C@H](CC[C@@H]3C[C@H](O[Si](C)(C)C(C)(C)C)CCO3)[C@H]21. The van der Waals surface area contributed by atoms with Crippen molar-refractivity contribution in [1.82, 2.24) is 0 Å². The average molecular weight is 713 g/mol. The molecule has 4 rings (SSSR count). The van der Waals surface area contributed by atoms with Gasteiger partial charge in [0.15, 0.2) is 22.7 Å². The van der Waals surface area contributed by atoms with Gasteiger partial charge in [-0.05, 0) is 105 Å². The van der Waals surface area contributed by atoms with Crippen LogP contribution in [0.5, 0.6) is 5.75 Å². The van der Waals surface area contributed by atoms with Gasteiger partial charge in [-0.3, -0.25) is 0 Å². The van der Waals surface area contributed by atoms with E-state index in [9.17, 15) is 4.79 Å². The highest BCUT2D eigenvalue weighted by Crippen LogP contribution is 2.47. The number of ether oxygens (including phenoxy) is 3. The maximum absolute atomic E-state index is 13.9. The summed E-state index contributed by atoms with van der Waals surface area (Å²) in [6.45, 7) is 30.2. The Bertz CT molecular complexity index is 1300. The van der Waals surface area contributed by atoms with Gasteiger partial charge in [-0.25, -0.2) is 4.79 Å². The first-order chi connectivity index (χ1) is 22.7. The third-order valence-corrected chi connectivity index (χ3v) is 21.3. The Morgan fingerprint density at radius 3 is 2.18 bits per heavy atom. The quantitative estimate of drug-likeness (QED) is 0.159. The minimum absolute atomic E-state index is 0.0787. The molecule has 0 spiro atoms. The molecule has 49 heavy (non-hydrogen) atoms. The van der Waals surface area contributed by atoms with Crippen LogP contribution in [0.4, 0.5) is 0 Å². The van der Waals surface area contributed by atoms with Gasteiger partial charge in [-0.2, -0.15) is 0 Å². The van der Waals surface area contributed by atoms with Crippen LogP contribution in [0.3, 0.4) is 0 Å². The number of hydrogen-bond donors (Lipinski definition) is 0. The Labute approximate surface area is 301 Å². The lowest BCUT2D eigenvalue weighted by molar-refractivity contribution is -0.163. The van der Waals surface area contributed by atoms with Crippen LogP contribution < -0.4 is 4.74 Å². The van der Waals surface area contributed by atoms with E-state index in [-0.39, 0.29) is 46.4 Å². The summed E-state index contributed by atoms with van der Waals surface area (Å²) in [7, 11) is -3.92. The standard InChI is InChI=1S/C41H68O6Si2/c1-14-36(44-31-19-15-28(2)16-20-31)39(42)45-37-27-34(47-49(12,13)41(7,8)9)25-30-18-17-29(3)35(38(30)37)22-21-32-26-33(23-24-43-32)46-48(10,11)40(4,5)6/h15-20,25,29,32-38H,14,21-24,26-27H2,1-13H3/t29-,32+,33+,34+,35-,36?,37-,38-/m0/s1. The fourth-order valence-corrected chi connectivity index (χ4v) is 9.71.